The lowest BCUT2D eigenvalue weighted by molar-refractivity contribution is -0.161. The van der Waals surface area contributed by atoms with Crippen LogP contribution in [-0.4, -0.2) is 73.8 Å². The summed E-state index contributed by atoms with van der Waals surface area (Å²) in [4.78, 5) is 36.9. The molecule has 0 aliphatic rings. The van der Waals surface area contributed by atoms with E-state index in [0.717, 1.165) is 32.1 Å². The fraction of sp³-hybridized carbons (Fsp3) is 0.949. The Hall–Kier alpha value is -1.03. The van der Waals surface area contributed by atoms with Gasteiger partial charge in [0.15, 0.2) is 6.10 Å². The van der Waals surface area contributed by atoms with Crippen LogP contribution >= 0.6 is 7.82 Å². The van der Waals surface area contributed by atoms with Crippen LogP contribution in [0, 0.1) is 0 Å². The molecule has 50 heavy (non-hydrogen) atoms. The van der Waals surface area contributed by atoms with Crippen molar-refractivity contribution in [2.24, 2.45) is 5.73 Å². The Morgan fingerprint density at radius 3 is 1.32 bits per heavy atom. The highest BCUT2D eigenvalue weighted by Gasteiger charge is 2.26. The van der Waals surface area contributed by atoms with E-state index < -0.39 is 26.5 Å². The third-order valence-corrected chi connectivity index (χ3v) is 9.82. The van der Waals surface area contributed by atoms with Crippen LogP contribution in [0.5, 0.6) is 0 Å². The van der Waals surface area contributed by atoms with Gasteiger partial charge < -0.3 is 25.0 Å². The Kier molecular flexibility index (Phi) is 40.0. The van der Waals surface area contributed by atoms with Crippen LogP contribution in [0.25, 0.3) is 0 Å². The second-order valence-electron chi connectivity index (χ2n) is 13.4. The first-order valence-electron chi connectivity index (χ1n) is 20.6. The molecule has 0 rings (SSSR count). The molecular formula is C39H81N2O8P. The van der Waals surface area contributed by atoms with Crippen molar-refractivity contribution in [2.45, 2.75) is 195 Å². The van der Waals surface area contributed by atoms with Gasteiger partial charge in [-0.1, -0.05) is 163 Å². The molecule has 0 spiro atoms. The van der Waals surface area contributed by atoms with E-state index in [0.29, 0.717) is 6.42 Å². The van der Waals surface area contributed by atoms with Crippen LogP contribution in [0.4, 0.5) is 0 Å². The van der Waals surface area contributed by atoms with Crippen molar-refractivity contribution >= 4 is 19.8 Å². The molecule has 0 fully saturated rings. The zero-order chi connectivity index (χ0) is 37.6. The first-order valence-corrected chi connectivity index (χ1v) is 22.1. The van der Waals surface area contributed by atoms with E-state index in [2.05, 4.69) is 39.5 Å². The predicted molar refractivity (Wildman–Crippen MR) is 207 cm³/mol. The second-order valence-corrected chi connectivity index (χ2v) is 14.8. The van der Waals surface area contributed by atoms with Gasteiger partial charge in [0, 0.05) is 19.4 Å². The Morgan fingerprint density at radius 1 is 0.580 bits per heavy atom. The van der Waals surface area contributed by atoms with Gasteiger partial charge in [-0.25, -0.2) is 4.57 Å². The highest BCUT2D eigenvalue weighted by Crippen LogP contribution is 2.43. The van der Waals surface area contributed by atoms with E-state index >= 15 is 0 Å². The van der Waals surface area contributed by atoms with Crippen molar-refractivity contribution in [1.82, 2.24) is 4.90 Å². The number of unbranched alkanes of at least 4 members (excludes halogenated alkanes) is 20. The van der Waals surface area contributed by atoms with E-state index in [4.69, 9.17) is 24.3 Å². The van der Waals surface area contributed by atoms with Crippen molar-refractivity contribution in [1.29, 1.82) is 0 Å². The SMILES string of the molecule is CCCCCCCCCCCCCC(=O)OC[C@H](COP(=O)(O)OCCN)OC(=O)CCCCCCCCCCCCC.CCN(CC)CC. The van der Waals surface area contributed by atoms with Crippen LogP contribution in [-0.2, 0) is 32.7 Å². The number of esters is 2. The van der Waals surface area contributed by atoms with Crippen molar-refractivity contribution in [3.05, 3.63) is 0 Å². The molecule has 0 heterocycles. The molecule has 1 unspecified atom stereocenters. The Labute approximate surface area is 308 Å². The Bertz CT molecular complexity index is 780. The van der Waals surface area contributed by atoms with Crippen LogP contribution < -0.4 is 5.73 Å². The predicted octanol–water partition coefficient (Wildman–Crippen LogP) is 10.3. The average Bonchev–Trinajstić information content (AvgIpc) is 3.11. The van der Waals surface area contributed by atoms with Crippen LogP contribution in [0.1, 0.15) is 189 Å². The highest BCUT2D eigenvalue weighted by atomic mass is 31.2. The normalized spacial score (nSPS) is 13.0. The molecule has 0 aromatic heterocycles. The maximum Gasteiger partial charge on any atom is 0.472 e. The molecule has 11 heteroatoms. The summed E-state index contributed by atoms with van der Waals surface area (Å²) in [6.07, 6.45) is 25.6. The summed E-state index contributed by atoms with van der Waals surface area (Å²) >= 11 is 0. The first-order chi connectivity index (χ1) is 24.2. The Morgan fingerprint density at radius 2 is 0.960 bits per heavy atom. The standard InChI is InChI=1S/C33H66NO8P.C6H15N/c1-3-5-7-9-11-13-15-17-19-21-23-25-32(35)39-29-31(30-41-43(37,38)40-28-27-34)42-33(36)26-24-22-20-18-16-14-12-10-8-6-4-2;1-4-7(5-2)6-3/h31H,3-30,34H2,1-2H3,(H,37,38);4-6H2,1-3H3/t31-;/m1./s1. The molecule has 0 saturated carbocycles. The molecular weight excluding hydrogens is 655 g/mol. The van der Waals surface area contributed by atoms with Gasteiger partial charge in [-0.3, -0.25) is 18.6 Å². The number of phosphoric acid groups is 1. The van der Waals surface area contributed by atoms with Crippen molar-refractivity contribution in [2.75, 3.05) is 46.0 Å². The van der Waals surface area contributed by atoms with Crippen LogP contribution in [0.3, 0.4) is 0 Å². The van der Waals surface area contributed by atoms with Gasteiger partial charge in [-0.05, 0) is 32.5 Å². The van der Waals surface area contributed by atoms with Crippen LogP contribution in [0.2, 0.25) is 0 Å². The summed E-state index contributed by atoms with van der Waals surface area (Å²) in [7, 11) is -4.35. The topological polar surface area (TPSA) is 138 Å². The summed E-state index contributed by atoms with van der Waals surface area (Å²) in [5.74, 6) is -0.824. The zero-order valence-corrected chi connectivity index (χ0v) is 34.2. The number of hydrogen-bond donors (Lipinski definition) is 2. The number of ether oxygens (including phenoxy) is 2. The van der Waals surface area contributed by atoms with Gasteiger partial charge >= 0.3 is 19.8 Å². The minimum atomic E-state index is -4.35. The summed E-state index contributed by atoms with van der Waals surface area (Å²) in [6, 6.07) is 0. The summed E-state index contributed by atoms with van der Waals surface area (Å²) in [5.41, 5.74) is 5.31. The van der Waals surface area contributed by atoms with Gasteiger partial charge in [-0.15, -0.1) is 0 Å². The van der Waals surface area contributed by atoms with E-state index in [9.17, 15) is 19.0 Å². The average molecular weight is 737 g/mol. The number of nitrogens with zero attached hydrogens (tertiary/aromatic N) is 1. The highest BCUT2D eigenvalue weighted by molar-refractivity contribution is 7.47. The van der Waals surface area contributed by atoms with Gasteiger partial charge in [0.25, 0.3) is 0 Å². The first kappa shape index (κ1) is 51.1. The zero-order valence-electron chi connectivity index (χ0n) is 33.3. The van der Waals surface area contributed by atoms with Gasteiger partial charge in [0.05, 0.1) is 13.2 Å². The van der Waals surface area contributed by atoms with Gasteiger partial charge in [-0.2, -0.15) is 0 Å². The van der Waals surface area contributed by atoms with E-state index in [1.54, 1.807) is 0 Å². The molecule has 0 aromatic carbocycles. The van der Waals surface area contributed by atoms with Gasteiger partial charge in [0.1, 0.15) is 6.61 Å². The third kappa shape index (κ3) is 38.2. The van der Waals surface area contributed by atoms with E-state index in [1.807, 2.05) is 0 Å². The lowest BCUT2D eigenvalue weighted by Crippen LogP contribution is -2.29. The molecule has 2 atom stereocenters. The summed E-state index contributed by atoms with van der Waals surface area (Å²) < 4.78 is 32.5. The fourth-order valence-corrected chi connectivity index (χ4v) is 6.30. The number of phosphoric ester groups is 1. The summed E-state index contributed by atoms with van der Waals surface area (Å²) in [6.45, 7) is 13.8. The molecule has 0 radical (unpaired) electrons. The van der Waals surface area contributed by atoms with Crippen molar-refractivity contribution < 1.29 is 37.6 Å². The minimum Gasteiger partial charge on any atom is -0.462 e. The van der Waals surface area contributed by atoms with E-state index in [1.165, 1.54) is 122 Å². The van der Waals surface area contributed by atoms with E-state index in [-0.39, 0.29) is 38.6 Å². The molecule has 0 aromatic rings. The number of rotatable bonds is 36. The number of hydrogen-bond acceptors (Lipinski definition) is 9. The maximum atomic E-state index is 12.4. The molecule has 0 saturated heterocycles. The smallest absolute Gasteiger partial charge is 0.462 e. The Balaban J connectivity index is 0. The van der Waals surface area contributed by atoms with Crippen molar-refractivity contribution in [3.8, 4) is 0 Å². The molecule has 10 nitrogen and oxygen atoms in total. The number of carbonyl (C=O) groups excluding carboxylic acids is 2. The number of carbonyl (C=O) groups is 2. The van der Waals surface area contributed by atoms with Crippen LogP contribution in [0.15, 0.2) is 0 Å². The molecule has 300 valence electrons. The quantitative estimate of drug-likeness (QED) is 0.0363. The summed E-state index contributed by atoms with van der Waals surface area (Å²) in [5, 5.41) is 0. The third-order valence-electron chi connectivity index (χ3n) is 8.83. The monoisotopic (exact) mass is 737 g/mol. The maximum absolute atomic E-state index is 12.4. The molecule has 0 amide bonds. The molecule has 3 N–H and O–H groups in total. The second kappa shape index (κ2) is 39.2. The number of nitrogens with two attached hydrogens (primary N) is 1. The molecule has 0 bridgehead atoms. The fourth-order valence-electron chi connectivity index (χ4n) is 5.54. The lowest BCUT2D eigenvalue weighted by Gasteiger charge is -2.19. The van der Waals surface area contributed by atoms with Gasteiger partial charge in [0.2, 0.25) is 0 Å². The largest absolute Gasteiger partial charge is 0.472 e. The molecule has 0 aliphatic carbocycles. The molecule has 0 aliphatic heterocycles. The minimum absolute atomic E-state index is 0.0575. The lowest BCUT2D eigenvalue weighted by atomic mass is 10.1. The van der Waals surface area contributed by atoms with Crippen molar-refractivity contribution in [3.63, 3.8) is 0 Å².